The Morgan fingerprint density at radius 2 is 1.86 bits per heavy atom. The van der Waals surface area contributed by atoms with E-state index in [1.807, 2.05) is 0 Å². The van der Waals surface area contributed by atoms with Crippen molar-refractivity contribution >= 4 is 11.9 Å². The monoisotopic (exact) mass is 201 g/mol. The second kappa shape index (κ2) is 3.38. The molecule has 0 saturated carbocycles. The molecule has 0 aromatic heterocycles. The summed E-state index contributed by atoms with van der Waals surface area (Å²) in [5, 5.41) is 35.6. The molecule has 1 aliphatic rings. The zero-order chi connectivity index (χ0) is 10.9. The number of hydrogen-bond donors (Lipinski definition) is 4. The minimum absolute atomic E-state index is 0.382. The van der Waals surface area contributed by atoms with Gasteiger partial charge < -0.3 is 15.3 Å². The highest BCUT2D eigenvalue weighted by molar-refractivity contribution is 5.97. The molecule has 0 spiro atoms. The normalized spacial score (nSPS) is 16.6. The van der Waals surface area contributed by atoms with Gasteiger partial charge in [0.2, 0.25) is 0 Å². The van der Waals surface area contributed by atoms with Crippen molar-refractivity contribution in [2.45, 2.75) is 0 Å². The molecule has 0 bridgehead atoms. The first-order valence-corrected chi connectivity index (χ1v) is 3.50. The standard InChI is InChI=1S/C7H7NO6/c9-5-3(6(10)11)1-8(14)2-4(5)7(12)13/h1,9,14H,2H2,(H,10,11)(H,12,13). The summed E-state index contributed by atoms with van der Waals surface area (Å²) in [5.41, 5.74) is -1.22. The van der Waals surface area contributed by atoms with Crippen molar-refractivity contribution in [3.05, 3.63) is 23.1 Å². The Morgan fingerprint density at radius 3 is 2.29 bits per heavy atom. The topological polar surface area (TPSA) is 118 Å². The van der Waals surface area contributed by atoms with E-state index >= 15 is 0 Å². The summed E-state index contributed by atoms with van der Waals surface area (Å²) in [4.78, 5) is 21.0. The molecular weight excluding hydrogens is 194 g/mol. The van der Waals surface area contributed by atoms with Crippen LogP contribution in [0.1, 0.15) is 0 Å². The van der Waals surface area contributed by atoms with E-state index in [1.54, 1.807) is 0 Å². The molecule has 0 saturated heterocycles. The molecule has 0 amide bonds. The van der Waals surface area contributed by atoms with Crippen molar-refractivity contribution in [1.82, 2.24) is 5.06 Å². The second-order valence-corrected chi connectivity index (χ2v) is 2.58. The van der Waals surface area contributed by atoms with Gasteiger partial charge in [0.1, 0.15) is 16.9 Å². The Morgan fingerprint density at radius 1 is 1.29 bits per heavy atom. The van der Waals surface area contributed by atoms with Gasteiger partial charge in [-0.05, 0) is 0 Å². The van der Waals surface area contributed by atoms with Crippen molar-refractivity contribution in [1.29, 1.82) is 0 Å². The van der Waals surface area contributed by atoms with Crippen LogP contribution in [0.25, 0.3) is 0 Å². The van der Waals surface area contributed by atoms with E-state index in [-0.39, 0.29) is 0 Å². The van der Waals surface area contributed by atoms with Crippen LogP contribution in [0.2, 0.25) is 0 Å². The van der Waals surface area contributed by atoms with Crippen LogP contribution in [0.5, 0.6) is 0 Å². The molecule has 0 aromatic rings. The van der Waals surface area contributed by atoms with E-state index in [2.05, 4.69) is 0 Å². The van der Waals surface area contributed by atoms with Gasteiger partial charge in [0.05, 0.1) is 6.54 Å². The zero-order valence-corrected chi connectivity index (χ0v) is 6.84. The number of hydroxylamine groups is 2. The minimum Gasteiger partial charge on any atom is -0.506 e. The highest BCUT2D eigenvalue weighted by Crippen LogP contribution is 2.19. The lowest BCUT2D eigenvalue weighted by Gasteiger charge is -2.19. The molecule has 1 aliphatic heterocycles. The molecular formula is C7H7NO6. The van der Waals surface area contributed by atoms with Gasteiger partial charge >= 0.3 is 11.9 Å². The van der Waals surface area contributed by atoms with Crippen LogP contribution in [-0.4, -0.2) is 44.1 Å². The molecule has 7 heteroatoms. The number of hydrogen-bond acceptors (Lipinski definition) is 5. The molecule has 0 aromatic carbocycles. The molecule has 0 radical (unpaired) electrons. The summed E-state index contributed by atoms with van der Waals surface area (Å²) in [6.07, 6.45) is 0.740. The Bertz CT molecular complexity index is 355. The Hall–Kier alpha value is -2.02. The Labute approximate surface area is 77.8 Å². The Balaban J connectivity index is 3.18. The summed E-state index contributed by atoms with van der Waals surface area (Å²) >= 11 is 0. The van der Waals surface area contributed by atoms with Gasteiger partial charge in [0.15, 0.2) is 0 Å². The molecule has 0 aliphatic carbocycles. The first-order valence-electron chi connectivity index (χ1n) is 3.50. The fourth-order valence-electron chi connectivity index (χ4n) is 0.981. The SMILES string of the molecule is O=C(O)C1=CN(O)CC(C(=O)O)=C1O. The smallest absolute Gasteiger partial charge is 0.341 e. The van der Waals surface area contributed by atoms with Gasteiger partial charge in [0, 0.05) is 6.20 Å². The summed E-state index contributed by atoms with van der Waals surface area (Å²) in [5.74, 6) is -3.83. The van der Waals surface area contributed by atoms with E-state index in [0.717, 1.165) is 6.20 Å². The average molecular weight is 201 g/mol. The quantitative estimate of drug-likeness (QED) is 0.478. The van der Waals surface area contributed by atoms with Crippen LogP contribution < -0.4 is 0 Å². The van der Waals surface area contributed by atoms with Crippen LogP contribution in [-0.2, 0) is 9.59 Å². The third kappa shape index (κ3) is 1.67. The van der Waals surface area contributed by atoms with Gasteiger partial charge in [-0.15, -0.1) is 0 Å². The predicted octanol–water partition coefficient (Wildman–Crippen LogP) is -0.444. The van der Waals surface area contributed by atoms with Crippen LogP contribution in [0.3, 0.4) is 0 Å². The van der Waals surface area contributed by atoms with Crippen LogP contribution in [0.4, 0.5) is 0 Å². The van der Waals surface area contributed by atoms with E-state index in [4.69, 9.17) is 15.4 Å². The lowest BCUT2D eigenvalue weighted by molar-refractivity contribution is -0.135. The molecule has 1 rings (SSSR count). The van der Waals surface area contributed by atoms with Crippen LogP contribution >= 0.6 is 0 Å². The molecule has 0 fully saturated rings. The predicted molar refractivity (Wildman–Crippen MR) is 41.5 cm³/mol. The highest BCUT2D eigenvalue weighted by atomic mass is 16.5. The summed E-state index contributed by atoms with van der Waals surface area (Å²) < 4.78 is 0. The van der Waals surface area contributed by atoms with Crippen molar-refractivity contribution in [3.63, 3.8) is 0 Å². The third-order valence-electron chi connectivity index (χ3n) is 1.63. The number of nitrogens with zero attached hydrogens (tertiary/aromatic N) is 1. The summed E-state index contributed by atoms with van der Waals surface area (Å²) in [7, 11) is 0. The fraction of sp³-hybridized carbons (Fsp3) is 0.143. The van der Waals surface area contributed by atoms with Gasteiger partial charge in [-0.3, -0.25) is 10.3 Å². The number of carboxylic acids is 2. The maximum Gasteiger partial charge on any atom is 0.341 e. The van der Waals surface area contributed by atoms with E-state index < -0.39 is 35.4 Å². The first-order chi connectivity index (χ1) is 6.43. The van der Waals surface area contributed by atoms with E-state index in [1.165, 1.54) is 0 Å². The first kappa shape index (κ1) is 10.1. The highest BCUT2D eigenvalue weighted by Gasteiger charge is 2.27. The average Bonchev–Trinajstić information content (AvgIpc) is 2.07. The molecule has 14 heavy (non-hydrogen) atoms. The molecule has 0 unspecified atom stereocenters. The number of carboxylic acid groups (broad SMARTS) is 2. The van der Waals surface area contributed by atoms with Crippen LogP contribution in [0, 0.1) is 0 Å². The largest absolute Gasteiger partial charge is 0.506 e. The lowest BCUT2D eigenvalue weighted by atomic mass is 10.1. The Kier molecular flexibility index (Phi) is 2.43. The summed E-state index contributed by atoms with van der Waals surface area (Å²) in [6, 6.07) is 0. The molecule has 1 heterocycles. The number of aliphatic carboxylic acids is 2. The van der Waals surface area contributed by atoms with E-state index in [9.17, 15) is 14.7 Å². The van der Waals surface area contributed by atoms with E-state index in [0.29, 0.717) is 5.06 Å². The maximum atomic E-state index is 10.5. The van der Waals surface area contributed by atoms with Gasteiger partial charge in [-0.25, -0.2) is 9.59 Å². The van der Waals surface area contributed by atoms with Gasteiger partial charge in [-0.1, -0.05) is 0 Å². The molecule has 7 nitrogen and oxygen atoms in total. The fourth-order valence-corrected chi connectivity index (χ4v) is 0.981. The third-order valence-corrected chi connectivity index (χ3v) is 1.63. The lowest BCUT2D eigenvalue weighted by Crippen LogP contribution is -2.28. The number of rotatable bonds is 2. The van der Waals surface area contributed by atoms with Crippen molar-refractivity contribution in [2.75, 3.05) is 6.54 Å². The summed E-state index contributed by atoms with van der Waals surface area (Å²) in [6.45, 7) is -0.460. The molecule has 0 atom stereocenters. The second-order valence-electron chi connectivity index (χ2n) is 2.58. The van der Waals surface area contributed by atoms with Crippen molar-refractivity contribution in [3.8, 4) is 0 Å². The maximum absolute atomic E-state index is 10.5. The zero-order valence-electron chi connectivity index (χ0n) is 6.84. The van der Waals surface area contributed by atoms with Gasteiger partial charge in [0.25, 0.3) is 0 Å². The molecule has 76 valence electrons. The minimum atomic E-state index is -1.51. The molecule has 4 N–H and O–H groups in total. The van der Waals surface area contributed by atoms with Gasteiger partial charge in [-0.2, -0.15) is 0 Å². The van der Waals surface area contributed by atoms with Crippen LogP contribution in [0.15, 0.2) is 23.1 Å². The van der Waals surface area contributed by atoms with Crippen molar-refractivity contribution < 1.29 is 30.1 Å². The number of aliphatic hydroxyl groups is 1. The number of carbonyl (C=O) groups is 2. The van der Waals surface area contributed by atoms with Crippen molar-refractivity contribution in [2.24, 2.45) is 0 Å². The number of aliphatic hydroxyl groups excluding tert-OH is 1.